The van der Waals surface area contributed by atoms with Crippen LogP contribution in [-0.4, -0.2) is 48.2 Å². The molecule has 6 aromatic rings. The van der Waals surface area contributed by atoms with Crippen molar-refractivity contribution >= 4 is 35.4 Å². The molecule has 0 aliphatic carbocycles. The highest BCUT2D eigenvalue weighted by Crippen LogP contribution is 2.49. The molecule has 1 aliphatic heterocycles. The number of carboxylic acids is 1. The van der Waals surface area contributed by atoms with Gasteiger partial charge < -0.3 is 15.2 Å². The Kier molecular flexibility index (Phi) is 19.6. The van der Waals surface area contributed by atoms with Crippen LogP contribution < -0.4 is 5.32 Å². The molecule has 0 unspecified atom stereocenters. The van der Waals surface area contributed by atoms with E-state index < -0.39 is 15.5 Å². The highest BCUT2D eigenvalue weighted by Gasteiger charge is 2.38. The molecule has 1 amide bonds. The number of thioether (sulfide) groups is 2. The molecular formula is C52H55NO4S2. The third-order valence-corrected chi connectivity index (χ3v) is 12.7. The number of carbonyl (C=O) groups is 2. The molecular weight excluding hydrogens is 767 g/mol. The van der Waals surface area contributed by atoms with Crippen molar-refractivity contribution in [1.82, 2.24) is 5.32 Å². The third-order valence-electron chi connectivity index (χ3n) is 9.58. The highest BCUT2D eigenvalue weighted by molar-refractivity contribution is 8.00. The number of terminal acetylenes is 1. The monoisotopic (exact) mass is 821 g/mol. The summed E-state index contributed by atoms with van der Waals surface area (Å²) < 4.78 is 4.12. The molecule has 0 saturated carbocycles. The van der Waals surface area contributed by atoms with Crippen molar-refractivity contribution in [2.24, 2.45) is 0 Å². The lowest BCUT2D eigenvalue weighted by atomic mass is 9.84. The summed E-state index contributed by atoms with van der Waals surface area (Å²) >= 11 is 3.45. The van der Waals surface area contributed by atoms with Gasteiger partial charge in [-0.15, -0.1) is 29.9 Å². The summed E-state index contributed by atoms with van der Waals surface area (Å²) in [5, 5.41) is 11.9. The summed E-state index contributed by atoms with van der Waals surface area (Å²) in [5.74, 6) is 2.87. The first kappa shape index (κ1) is 46.2. The van der Waals surface area contributed by atoms with E-state index in [0.717, 1.165) is 29.9 Å². The van der Waals surface area contributed by atoms with Gasteiger partial charge in [0.1, 0.15) is 0 Å². The Hall–Kier alpha value is -5.52. The fourth-order valence-electron chi connectivity index (χ4n) is 6.87. The minimum Gasteiger partial charge on any atom is -0.481 e. The van der Waals surface area contributed by atoms with E-state index in [4.69, 9.17) is 16.3 Å². The molecule has 1 heterocycles. The van der Waals surface area contributed by atoms with Gasteiger partial charge in [0.15, 0.2) is 0 Å². The number of ether oxygens (including phenoxy) is 1. The standard InChI is InChI=1S/C25H23NOS.C22H20O2S.C4H8O.CH4/c1-2-19-26-24(27)18-20-28-25(21-12-6-3-7-13-21,22-14-8-4-9-15-22)23-16-10-5-11-17-23;23-21(24)16-17-25-22(18-10-4-1-5-11-18,19-12-6-2-7-13-19)20-14-8-3-9-15-20;1-2-4-5-3-1;/h1,3-17H,18-20H2,(H,26,27);1-15H,16-17H2,(H,23,24);1-4H2;1H4. The van der Waals surface area contributed by atoms with Gasteiger partial charge in [0, 0.05) is 31.1 Å². The zero-order valence-electron chi connectivity index (χ0n) is 32.8. The molecule has 0 bridgehead atoms. The van der Waals surface area contributed by atoms with Gasteiger partial charge in [-0.25, -0.2) is 0 Å². The van der Waals surface area contributed by atoms with Gasteiger partial charge in [0.25, 0.3) is 0 Å². The Morgan fingerprint density at radius 1 is 0.542 bits per heavy atom. The van der Waals surface area contributed by atoms with E-state index in [0.29, 0.717) is 17.9 Å². The van der Waals surface area contributed by atoms with Crippen molar-refractivity contribution in [2.45, 2.75) is 42.6 Å². The van der Waals surface area contributed by atoms with Crippen molar-refractivity contribution in [3.8, 4) is 12.3 Å². The van der Waals surface area contributed by atoms with Gasteiger partial charge in [-0.2, -0.15) is 0 Å². The van der Waals surface area contributed by atoms with Crippen LogP contribution in [0, 0.1) is 12.3 Å². The van der Waals surface area contributed by atoms with Crippen LogP contribution in [0.5, 0.6) is 0 Å². The summed E-state index contributed by atoms with van der Waals surface area (Å²) in [5.41, 5.74) is 7.05. The van der Waals surface area contributed by atoms with E-state index in [1.54, 1.807) is 23.5 Å². The number of nitrogens with one attached hydrogen (secondary N) is 1. The maximum Gasteiger partial charge on any atom is 0.304 e. The molecule has 1 aliphatic rings. The fourth-order valence-corrected chi connectivity index (χ4v) is 9.87. The zero-order chi connectivity index (χ0) is 40.7. The van der Waals surface area contributed by atoms with Crippen molar-refractivity contribution in [3.05, 3.63) is 215 Å². The summed E-state index contributed by atoms with van der Waals surface area (Å²) in [6.45, 7) is 2.27. The number of carbonyl (C=O) groups excluding carboxylic acids is 1. The molecule has 5 nitrogen and oxygen atoms in total. The van der Waals surface area contributed by atoms with Gasteiger partial charge >= 0.3 is 5.97 Å². The molecule has 0 spiro atoms. The Balaban J connectivity index is 0.000000230. The average Bonchev–Trinajstić information content (AvgIpc) is 3.89. The molecule has 6 aromatic carbocycles. The molecule has 7 rings (SSSR count). The van der Waals surface area contributed by atoms with Crippen LogP contribution in [0.25, 0.3) is 0 Å². The number of carboxylic acid groups (broad SMARTS) is 1. The van der Waals surface area contributed by atoms with Crippen molar-refractivity contribution in [3.63, 3.8) is 0 Å². The zero-order valence-corrected chi connectivity index (χ0v) is 34.4. The predicted molar refractivity (Wildman–Crippen MR) is 249 cm³/mol. The number of amides is 1. The largest absolute Gasteiger partial charge is 0.481 e. The second-order valence-corrected chi connectivity index (χ2v) is 16.1. The molecule has 0 aromatic heterocycles. The van der Waals surface area contributed by atoms with E-state index in [9.17, 15) is 9.59 Å². The van der Waals surface area contributed by atoms with Crippen LogP contribution >= 0.6 is 23.5 Å². The first-order valence-electron chi connectivity index (χ1n) is 19.6. The average molecular weight is 822 g/mol. The molecule has 0 atom stereocenters. The van der Waals surface area contributed by atoms with E-state index in [1.807, 2.05) is 72.8 Å². The van der Waals surface area contributed by atoms with Gasteiger partial charge in [-0.05, 0) is 46.2 Å². The molecule has 1 fully saturated rings. The van der Waals surface area contributed by atoms with Crippen LogP contribution in [0.1, 0.15) is 66.5 Å². The molecule has 7 heteroatoms. The second kappa shape index (κ2) is 25.1. The topological polar surface area (TPSA) is 75.6 Å². The Bertz CT molecular complexity index is 1910. The van der Waals surface area contributed by atoms with Crippen LogP contribution in [0.2, 0.25) is 0 Å². The maximum absolute atomic E-state index is 12.1. The maximum atomic E-state index is 12.1. The van der Waals surface area contributed by atoms with Gasteiger partial charge in [0.05, 0.1) is 22.5 Å². The van der Waals surface area contributed by atoms with Crippen molar-refractivity contribution in [1.29, 1.82) is 0 Å². The quantitative estimate of drug-likeness (QED) is 0.0794. The van der Waals surface area contributed by atoms with Crippen LogP contribution in [0.3, 0.4) is 0 Å². The van der Waals surface area contributed by atoms with Crippen LogP contribution in [0.15, 0.2) is 182 Å². The van der Waals surface area contributed by atoms with Gasteiger partial charge in [-0.3, -0.25) is 9.59 Å². The minimum absolute atomic E-state index is 0. The Labute approximate surface area is 360 Å². The number of aliphatic carboxylic acids is 1. The van der Waals surface area contributed by atoms with Crippen LogP contribution in [-0.2, 0) is 23.8 Å². The Morgan fingerprint density at radius 3 is 1.07 bits per heavy atom. The van der Waals surface area contributed by atoms with Gasteiger partial charge in [-0.1, -0.05) is 195 Å². The third kappa shape index (κ3) is 13.0. The smallest absolute Gasteiger partial charge is 0.304 e. The van der Waals surface area contributed by atoms with E-state index in [2.05, 4.69) is 120 Å². The predicted octanol–water partition coefficient (Wildman–Crippen LogP) is 11.5. The lowest BCUT2D eigenvalue weighted by Gasteiger charge is -2.35. The van der Waals surface area contributed by atoms with Crippen molar-refractivity contribution < 1.29 is 19.4 Å². The lowest BCUT2D eigenvalue weighted by Crippen LogP contribution is -2.28. The molecule has 1 saturated heterocycles. The van der Waals surface area contributed by atoms with E-state index >= 15 is 0 Å². The Morgan fingerprint density at radius 2 is 0.831 bits per heavy atom. The highest BCUT2D eigenvalue weighted by atomic mass is 32.2. The lowest BCUT2D eigenvalue weighted by molar-refractivity contribution is -0.136. The number of benzene rings is 6. The summed E-state index contributed by atoms with van der Waals surface area (Å²) in [6.07, 6.45) is 8.34. The van der Waals surface area contributed by atoms with Gasteiger partial charge in [0.2, 0.25) is 5.91 Å². The second-order valence-electron chi connectivity index (χ2n) is 13.4. The molecule has 304 valence electrons. The number of hydrogen-bond acceptors (Lipinski definition) is 5. The summed E-state index contributed by atoms with van der Waals surface area (Å²) in [4.78, 5) is 23.2. The van der Waals surface area contributed by atoms with E-state index in [1.165, 1.54) is 29.5 Å². The molecule has 2 N–H and O–H groups in total. The first-order chi connectivity index (χ1) is 28.5. The summed E-state index contributed by atoms with van der Waals surface area (Å²) in [7, 11) is 0. The summed E-state index contributed by atoms with van der Waals surface area (Å²) in [6, 6.07) is 62.4. The molecule has 0 radical (unpaired) electrons. The number of hydrogen-bond donors (Lipinski definition) is 2. The normalized spacial score (nSPS) is 11.9. The van der Waals surface area contributed by atoms with E-state index in [-0.39, 0.29) is 26.3 Å². The molecule has 59 heavy (non-hydrogen) atoms. The van der Waals surface area contributed by atoms with Crippen LogP contribution in [0.4, 0.5) is 0 Å². The fraction of sp³-hybridized carbons (Fsp3) is 0.231. The first-order valence-corrected chi connectivity index (χ1v) is 21.6. The van der Waals surface area contributed by atoms with Crippen molar-refractivity contribution in [2.75, 3.05) is 31.3 Å². The number of rotatable bonds is 15. The minimum atomic E-state index is -0.768. The SMILES string of the molecule is C.C#CCNC(=O)CCSC(c1ccccc1)(c1ccccc1)c1ccccc1.C1CCOC1.O=C(O)CCSC(c1ccccc1)(c1ccccc1)c1ccccc1.